The van der Waals surface area contributed by atoms with Crippen LogP contribution in [0.4, 0.5) is 0 Å². The van der Waals surface area contributed by atoms with E-state index in [0.29, 0.717) is 22.1 Å². The number of aliphatic hydroxyl groups excluding tert-OH is 1. The molecule has 1 aliphatic carbocycles. The van der Waals surface area contributed by atoms with Crippen LogP contribution >= 0.6 is 11.6 Å². The molecule has 42 heavy (non-hydrogen) atoms. The maximum absolute atomic E-state index is 14.1. The fourth-order valence-electron chi connectivity index (χ4n) is 5.42. The number of benzene rings is 3. The summed E-state index contributed by atoms with van der Waals surface area (Å²) in [6.07, 6.45) is 3.15. The third-order valence-corrected chi connectivity index (χ3v) is 7.88. The molecule has 0 heterocycles. The Balaban J connectivity index is 1.94. The van der Waals surface area contributed by atoms with E-state index < -0.39 is 46.6 Å². The minimum atomic E-state index is -1.39. The van der Waals surface area contributed by atoms with Crippen molar-refractivity contribution in [2.24, 2.45) is 22.7 Å². The van der Waals surface area contributed by atoms with Crippen LogP contribution in [0.2, 0.25) is 5.02 Å². The number of rotatable bonds is 7. The molecule has 0 unspecified atom stereocenters. The Labute approximate surface area is 253 Å². The fraction of sp³-hybridized carbons (Fsp3) is 0.333. The third-order valence-electron chi connectivity index (χ3n) is 7.53. The number of hydrogen-bond donors (Lipinski definition) is 1. The van der Waals surface area contributed by atoms with E-state index in [1.807, 2.05) is 78.0 Å². The first-order valence-electron chi connectivity index (χ1n) is 14.2. The van der Waals surface area contributed by atoms with Gasteiger partial charge in [-0.2, -0.15) is 0 Å². The lowest BCUT2D eigenvalue weighted by molar-refractivity contribution is -0.152. The summed E-state index contributed by atoms with van der Waals surface area (Å²) in [5.74, 6) is -3.56. The lowest BCUT2D eigenvalue weighted by Gasteiger charge is -2.41. The second-order valence-corrected chi connectivity index (χ2v) is 13.1. The van der Waals surface area contributed by atoms with E-state index in [1.54, 1.807) is 60.7 Å². The first-order valence-corrected chi connectivity index (χ1v) is 14.6. The van der Waals surface area contributed by atoms with E-state index in [0.717, 1.165) is 11.1 Å². The second kappa shape index (κ2) is 12.7. The molecule has 1 N–H and O–H groups in total. The minimum Gasteiger partial charge on any atom is -0.426 e. The van der Waals surface area contributed by atoms with Gasteiger partial charge in [-0.05, 0) is 57.9 Å². The summed E-state index contributed by atoms with van der Waals surface area (Å²) < 4.78 is 11.6. The molecule has 5 nitrogen and oxygen atoms in total. The maximum atomic E-state index is 14.1. The molecular weight excluding hydrogens is 548 g/mol. The number of esters is 2. The average molecular weight is 587 g/mol. The molecule has 3 aromatic rings. The summed E-state index contributed by atoms with van der Waals surface area (Å²) in [5, 5.41) is 11.9. The first-order chi connectivity index (χ1) is 19.8. The van der Waals surface area contributed by atoms with Crippen LogP contribution in [0.1, 0.15) is 53.0 Å². The highest BCUT2D eigenvalue weighted by atomic mass is 35.5. The quantitative estimate of drug-likeness (QED) is 0.131. The molecule has 6 heteroatoms. The Morgan fingerprint density at radius 2 is 1.10 bits per heavy atom. The zero-order valence-corrected chi connectivity index (χ0v) is 25.8. The van der Waals surface area contributed by atoms with Crippen molar-refractivity contribution in [2.45, 2.75) is 53.6 Å². The molecule has 0 saturated heterocycles. The first kappa shape index (κ1) is 31.3. The summed E-state index contributed by atoms with van der Waals surface area (Å²) in [6, 6.07) is 24.5. The average Bonchev–Trinajstić information content (AvgIpc) is 2.92. The van der Waals surface area contributed by atoms with Crippen LogP contribution in [0.25, 0.3) is 0 Å². The van der Waals surface area contributed by atoms with E-state index >= 15 is 0 Å². The van der Waals surface area contributed by atoms with Crippen LogP contribution in [-0.4, -0.2) is 23.1 Å². The SMILES string of the molecule is CC(C)(C)C1=CC([C@@H](c2ccccc2Cl)C(C(=O)Oc2ccccc2)C(=O)Oc2ccccc2)C=C(C(C)(C)C)C1O. The molecule has 4 rings (SSSR count). The molecule has 0 saturated carbocycles. The van der Waals surface area contributed by atoms with Crippen molar-refractivity contribution in [3.8, 4) is 11.5 Å². The van der Waals surface area contributed by atoms with Crippen molar-refractivity contribution in [3.05, 3.63) is 119 Å². The second-order valence-electron chi connectivity index (χ2n) is 12.7. The summed E-state index contributed by atoms with van der Waals surface area (Å²) in [4.78, 5) is 28.2. The zero-order chi connectivity index (χ0) is 30.7. The molecular formula is C36H39ClO5. The normalized spacial score (nSPS) is 18.1. The summed E-state index contributed by atoms with van der Waals surface area (Å²) in [5.41, 5.74) is 1.44. The van der Waals surface area contributed by atoms with Gasteiger partial charge in [-0.25, -0.2) is 0 Å². The van der Waals surface area contributed by atoms with Crippen LogP contribution in [0, 0.1) is 22.7 Å². The van der Waals surface area contributed by atoms with Crippen molar-refractivity contribution in [1.29, 1.82) is 0 Å². The number of allylic oxidation sites excluding steroid dienone is 2. The van der Waals surface area contributed by atoms with E-state index in [2.05, 4.69) is 0 Å². The Hall–Kier alpha value is -3.67. The van der Waals surface area contributed by atoms with Crippen LogP contribution in [0.3, 0.4) is 0 Å². The highest BCUT2D eigenvalue weighted by molar-refractivity contribution is 6.31. The smallest absolute Gasteiger partial charge is 0.326 e. The van der Waals surface area contributed by atoms with Crippen LogP contribution in [0.15, 0.2) is 108 Å². The molecule has 0 amide bonds. The van der Waals surface area contributed by atoms with Crippen molar-refractivity contribution >= 4 is 23.5 Å². The van der Waals surface area contributed by atoms with E-state index in [4.69, 9.17) is 21.1 Å². The van der Waals surface area contributed by atoms with Gasteiger partial charge >= 0.3 is 11.9 Å². The third kappa shape index (κ3) is 7.21. The summed E-state index contributed by atoms with van der Waals surface area (Å²) in [6.45, 7) is 12.3. The number of carbonyl (C=O) groups is 2. The standard InChI is InChI=1S/C36H39ClO5/c1-35(2,3)27-21-23(22-28(32(27)38)36(4,5)6)30(26-19-13-14-20-29(26)37)31(33(39)41-24-15-9-7-10-16-24)34(40)42-25-17-11-8-12-18-25/h7-23,30-32,38H,1-6H3/t23?,30-,32?/m0/s1. The zero-order valence-electron chi connectivity index (χ0n) is 25.0. The van der Waals surface area contributed by atoms with Gasteiger partial charge in [-0.3, -0.25) is 9.59 Å². The molecule has 1 aliphatic rings. The molecule has 0 fully saturated rings. The molecule has 0 radical (unpaired) electrons. The Bertz CT molecular complexity index is 1380. The fourth-order valence-corrected chi connectivity index (χ4v) is 5.68. The molecule has 0 aromatic heterocycles. The van der Waals surface area contributed by atoms with Gasteiger partial charge < -0.3 is 14.6 Å². The van der Waals surface area contributed by atoms with Crippen molar-refractivity contribution in [1.82, 2.24) is 0 Å². The largest absolute Gasteiger partial charge is 0.426 e. The van der Waals surface area contributed by atoms with Crippen molar-refractivity contribution in [2.75, 3.05) is 0 Å². The van der Waals surface area contributed by atoms with Crippen LogP contribution < -0.4 is 9.47 Å². The molecule has 3 aromatic carbocycles. The van der Waals surface area contributed by atoms with E-state index in [9.17, 15) is 14.7 Å². The lowest BCUT2D eigenvalue weighted by atomic mass is 9.65. The Kier molecular flexibility index (Phi) is 9.44. The number of carbonyl (C=O) groups excluding carboxylic acids is 2. The monoisotopic (exact) mass is 586 g/mol. The van der Waals surface area contributed by atoms with Crippen LogP contribution in [0.5, 0.6) is 11.5 Å². The van der Waals surface area contributed by atoms with Crippen LogP contribution in [-0.2, 0) is 9.59 Å². The van der Waals surface area contributed by atoms with Crippen molar-refractivity contribution in [3.63, 3.8) is 0 Å². The van der Waals surface area contributed by atoms with Gasteiger partial charge in [0, 0.05) is 16.9 Å². The van der Waals surface area contributed by atoms with Crippen molar-refractivity contribution < 1.29 is 24.2 Å². The predicted octanol–water partition coefficient (Wildman–Crippen LogP) is 8.19. The topological polar surface area (TPSA) is 72.8 Å². The number of para-hydroxylation sites is 2. The molecule has 0 aliphatic heterocycles. The van der Waals surface area contributed by atoms with Gasteiger partial charge in [-0.1, -0.05) is 120 Å². The van der Waals surface area contributed by atoms with Gasteiger partial charge in [0.2, 0.25) is 0 Å². The van der Waals surface area contributed by atoms with Gasteiger partial charge in [0.1, 0.15) is 11.5 Å². The number of halogens is 1. The number of ether oxygens (including phenoxy) is 2. The summed E-state index contributed by atoms with van der Waals surface area (Å²) in [7, 11) is 0. The number of hydrogen-bond acceptors (Lipinski definition) is 5. The Morgan fingerprint density at radius 1 is 0.690 bits per heavy atom. The highest BCUT2D eigenvalue weighted by Crippen LogP contribution is 2.48. The van der Waals surface area contributed by atoms with Gasteiger partial charge in [-0.15, -0.1) is 0 Å². The highest BCUT2D eigenvalue weighted by Gasteiger charge is 2.46. The van der Waals surface area contributed by atoms with Gasteiger partial charge in [0.25, 0.3) is 0 Å². The lowest BCUT2D eigenvalue weighted by Crippen LogP contribution is -2.41. The Morgan fingerprint density at radius 3 is 1.50 bits per heavy atom. The molecule has 0 spiro atoms. The predicted molar refractivity (Wildman–Crippen MR) is 166 cm³/mol. The van der Waals surface area contributed by atoms with E-state index in [1.165, 1.54) is 0 Å². The summed E-state index contributed by atoms with van der Waals surface area (Å²) >= 11 is 6.80. The number of aliphatic hydroxyl groups is 1. The minimum absolute atomic E-state index is 0.314. The maximum Gasteiger partial charge on any atom is 0.326 e. The van der Waals surface area contributed by atoms with Gasteiger partial charge in [0.15, 0.2) is 5.92 Å². The molecule has 1 atom stereocenters. The molecule has 220 valence electrons. The van der Waals surface area contributed by atoms with Gasteiger partial charge in [0.05, 0.1) is 6.10 Å². The molecule has 0 bridgehead atoms. The van der Waals surface area contributed by atoms with E-state index in [-0.39, 0.29) is 0 Å².